The molecule has 0 bridgehead atoms. The van der Waals surface area contributed by atoms with Gasteiger partial charge in [-0.3, -0.25) is 9.59 Å². The van der Waals surface area contributed by atoms with E-state index in [4.69, 9.17) is 5.73 Å². The number of hydrogen-bond donors (Lipinski definition) is 3. The number of nitrogens with one attached hydrogen (secondary N) is 2. The second kappa shape index (κ2) is 9.21. The van der Waals surface area contributed by atoms with E-state index in [1.165, 1.54) is 6.07 Å². The smallest absolute Gasteiger partial charge is 0.233 e. The fraction of sp³-hybridized carbons (Fsp3) is 0.579. The van der Waals surface area contributed by atoms with E-state index in [-0.39, 0.29) is 22.8 Å². The van der Waals surface area contributed by atoms with Crippen molar-refractivity contribution in [1.82, 2.24) is 5.32 Å². The van der Waals surface area contributed by atoms with Crippen molar-refractivity contribution in [2.45, 2.75) is 50.0 Å². The first-order valence-electron chi connectivity index (χ1n) is 9.32. The van der Waals surface area contributed by atoms with Crippen molar-refractivity contribution in [3.63, 3.8) is 0 Å². The van der Waals surface area contributed by atoms with Gasteiger partial charge < -0.3 is 16.4 Å². The minimum Gasteiger partial charge on any atom is -0.382 e. The molecule has 0 heterocycles. The summed E-state index contributed by atoms with van der Waals surface area (Å²) in [5.74, 6) is -1.74. The summed E-state index contributed by atoms with van der Waals surface area (Å²) in [4.78, 5) is 24.6. The molecule has 0 aromatic heterocycles. The van der Waals surface area contributed by atoms with Crippen LogP contribution in [-0.4, -0.2) is 39.1 Å². The van der Waals surface area contributed by atoms with E-state index in [2.05, 4.69) is 10.6 Å². The predicted molar refractivity (Wildman–Crippen MR) is 105 cm³/mol. The molecule has 1 aliphatic carbocycles. The molecule has 8 heteroatoms. The standard InChI is InChI=1S/C19H29N3O4S/c1-13(12-21-15-10-6-7-11-16(15)27(2,25)26)22-19(24)17(18(20)23)14-8-4-3-5-9-14/h6-7,10-11,13-14,17,21H,3-5,8-9,12H2,1-2H3,(H2,20,23)(H,22,24)/t13-,17?/m0/s1. The lowest BCUT2D eigenvalue weighted by molar-refractivity contribution is -0.136. The molecule has 7 nitrogen and oxygen atoms in total. The number of carbonyl (C=O) groups excluding carboxylic acids is 2. The van der Waals surface area contributed by atoms with Crippen LogP contribution in [0.15, 0.2) is 29.2 Å². The number of rotatable bonds is 8. The van der Waals surface area contributed by atoms with Gasteiger partial charge in [-0.1, -0.05) is 31.4 Å². The first-order chi connectivity index (χ1) is 12.7. The Morgan fingerprint density at radius 2 is 1.81 bits per heavy atom. The molecular weight excluding hydrogens is 366 g/mol. The molecule has 2 rings (SSSR count). The molecule has 1 fully saturated rings. The van der Waals surface area contributed by atoms with Crippen LogP contribution in [0.4, 0.5) is 5.69 Å². The van der Waals surface area contributed by atoms with Gasteiger partial charge in [0.25, 0.3) is 0 Å². The Morgan fingerprint density at radius 1 is 1.19 bits per heavy atom. The van der Waals surface area contributed by atoms with Crippen LogP contribution in [0, 0.1) is 11.8 Å². The molecule has 1 aromatic rings. The van der Waals surface area contributed by atoms with Crippen LogP contribution in [0.5, 0.6) is 0 Å². The van der Waals surface area contributed by atoms with Crippen LogP contribution in [0.25, 0.3) is 0 Å². The predicted octanol–water partition coefficient (Wildman–Crippen LogP) is 1.69. The molecule has 0 radical (unpaired) electrons. The maximum atomic E-state index is 12.6. The Hall–Kier alpha value is -2.09. The average Bonchev–Trinajstić information content (AvgIpc) is 2.60. The van der Waals surface area contributed by atoms with Gasteiger partial charge in [0.1, 0.15) is 5.92 Å². The van der Waals surface area contributed by atoms with Crippen LogP contribution in [0.2, 0.25) is 0 Å². The number of hydrogen-bond acceptors (Lipinski definition) is 5. The SMILES string of the molecule is C[C@@H](CNc1ccccc1S(C)(=O)=O)NC(=O)C(C(N)=O)C1CCCCC1. The Labute approximate surface area is 161 Å². The molecule has 150 valence electrons. The zero-order valence-electron chi connectivity index (χ0n) is 15.9. The summed E-state index contributed by atoms with van der Waals surface area (Å²) in [6.07, 6.45) is 6.00. The Bertz CT molecular complexity index is 773. The normalized spacial score (nSPS) is 17.7. The highest BCUT2D eigenvalue weighted by Crippen LogP contribution is 2.30. The molecule has 0 aliphatic heterocycles. The Kier molecular flexibility index (Phi) is 7.24. The maximum absolute atomic E-state index is 12.6. The molecular formula is C19H29N3O4S. The number of benzene rings is 1. The molecule has 1 saturated carbocycles. The molecule has 1 unspecified atom stereocenters. The second-order valence-electron chi connectivity index (χ2n) is 7.34. The van der Waals surface area contributed by atoms with E-state index in [0.717, 1.165) is 38.4 Å². The maximum Gasteiger partial charge on any atom is 0.233 e. The molecule has 2 atom stereocenters. The van der Waals surface area contributed by atoms with Crippen LogP contribution in [0.3, 0.4) is 0 Å². The highest BCUT2D eigenvalue weighted by molar-refractivity contribution is 7.90. The van der Waals surface area contributed by atoms with Crippen LogP contribution in [-0.2, 0) is 19.4 Å². The van der Waals surface area contributed by atoms with Crippen LogP contribution >= 0.6 is 0 Å². The van der Waals surface area contributed by atoms with Crippen molar-refractivity contribution in [2.75, 3.05) is 18.1 Å². The molecule has 0 saturated heterocycles. The number of carbonyl (C=O) groups is 2. The van der Waals surface area contributed by atoms with E-state index in [9.17, 15) is 18.0 Å². The van der Waals surface area contributed by atoms with E-state index in [0.29, 0.717) is 12.2 Å². The van der Waals surface area contributed by atoms with Crippen molar-refractivity contribution >= 4 is 27.3 Å². The van der Waals surface area contributed by atoms with Crippen molar-refractivity contribution < 1.29 is 18.0 Å². The third-order valence-corrected chi connectivity index (χ3v) is 6.14. The summed E-state index contributed by atoms with van der Waals surface area (Å²) in [6, 6.07) is 6.32. The van der Waals surface area contributed by atoms with Gasteiger partial charge in [0.05, 0.1) is 10.6 Å². The molecule has 1 aromatic carbocycles. The summed E-state index contributed by atoms with van der Waals surface area (Å²) in [5.41, 5.74) is 5.98. The van der Waals surface area contributed by atoms with E-state index in [1.807, 2.05) is 0 Å². The van der Waals surface area contributed by atoms with Gasteiger partial charge in [-0.15, -0.1) is 0 Å². The third-order valence-electron chi connectivity index (χ3n) is 4.98. The molecule has 0 spiro atoms. The summed E-state index contributed by atoms with van der Waals surface area (Å²) in [6.45, 7) is 2.13. The first-order valence-corrected chi connectivity index (χ1v) is 11.2. The highest BCUT2D eigenvalue weighted by atomic mass is 32.2. The van der Waals surface area contributed by atoms with Gasteiger partial charge in [-0.25, -0.2) is 8.42 Å². The molecule has 2 amide bonds. The van der Waals surface area contributed by atoms with Gasteiger partial charge in [0, 0.05) is 18.8 Å². The highest BCUT2D eigenvalue weighted by Gasteiger charge is 2.34. The molecule has 27 heavy (non-hydrogen) atoms. The van der Waals surface area contributed by atoms with Crippen LogP contribution in [0.1, 0.15) is 39.0 Å². The summed E-state index contributed by atoms with van der Waals surface area (Å²) in [5, 5.41) is 5.90. The topological polar surface area (TPSA) is 118 Å². The average molecular weight is 396 g/mol. The van der Waals surface area contributed by atoms with Crippen molar-refractivity contribution in [1.29, 1.82) is 0 Å². The van der Waals surface area contributed by atoms with Gasteiger partial charge >= 0.3 is 0 Å². The Morgan fingerprint density at radius 3 is 2.41 bits per heavy atom. The van der Waals surface area contributed by atoms with Crippen molar-refractivity contribution in [3.8, 4) is 0 Å². The van der Waals surface area contributed by atoms with Gasteiger partial charge in [-0.2, -0.15) is 0 Å². The summed E-state index contributed by atoms with van der Waals surface area (Å²) < 4.78 is 23.7. The van der Waals surface area contributed by atoms with Crippen LogP contribution < -0.4 is 16.4 Å². The number of anilines is 1. The van der Waals surface area contributed by atoms with Crippen molar-refractivity contribution in [3.05, 3.63) is 24.3 Å². The second-order valence-corrected chi connectivity index (χ2v) is 9.32. The number of amides is 2. The quantitative estimate of drug-likeness (QED) is 0.579. The number of sulfone groups is 1. The van der Waals surface area contributed by atoms with Gasteiger partial charge in [-0.05, 0) is 37.8 Å². The number of nitrogens with two attached hydrogens (primary N) is 1. The minimum absolute atomic E-state index is 0.00219. The third kappa shape index (κ3) is 5.95. The van der Waals surface area contributed by atoms with E-state index in [1.54, 1.807) is 25.1 Å². The monoisotopic (exact) mass is 395 g/mol. The van der Waals surface area contributed by atoms with E-state index < -0.39 is 21.7 Å². The minimum atomic E-state index is -3.35. The Balaban J connectivity index is 1.97. The lowest BCUT2D eigenvalue weighted by Gasteiger charge is -2.28. The van der Waals surface area contributed by atoms with Gasteiger partial charge in [0.15, 0.2) is 9.84 Å². The zero-order valence-corrected chi connectivity index (χ0v) is 16.7. The summed E-state index contributed by atoms with van der Waals surface area (Å²) >= 11 is 0. The molecule has 4 N–H and O–H groups in total. The lowest BCUT2D eigenvalue weighted by Crippen LogP contribution is -2.47. The lowest BCUT2D eigenvalue weighted by atomic mass is 9.79. The summed E-state index contributed by atoms with van der Waals surface area (Å²) in [7, 11) is -3.35. The first kappa shape index (κ1) is 21.2. The largest absolute Gasteiger partial charge is 0.382 e. The van der Waals surface area contributed by atoms with E-state index >= 15 is 0 Å². The van der Waals surface area contributed by atoms with Gasteiger partial charge in [0.2, 0.25) is 11.8 Å². The molecule has 1 aliphatic rings. The van der Waals surface area contributed by atoms with Crippen molar-refractivity contribution in [2.24, 2.45) is 17.6 Å². The fourth-order valence-corrected chi connectivity index (χ4v) is 4.49. The number of para-hydroxylation sites is 1. The fourth-order valence-electron chi connectivity index (χ4n) is 3.63. The number of primary amides is 1. The zero-order chi connectivity index (χ0) is 20.0.